The lowest BCUT2D eigenvalue weighted by Gasteiger charge is -2.24. The third kappa shape index (κ3) is 2.22. The smallest absolute Gasteiger partial charge is 0.313 e. The van der Waals surface area contributed by atoms with E-state index in [4.69, 9.17) is 4.74 Å². The second-order valence-electron chi connectivity index (χ2n) is 5.18. The second kappa shape index (κ2) is 5.12. The molecular weight excluding hydrogens is 254 g/mol. The maximum atomic E-state index is 11.5. The van der Waals surface area contributed by atoms with Gasteiger partial charge in [0.1, 0.15) is 0 Å². The first-order valence-corrected chi connectivity index (χ1v) is 6.61. The Hall–Kier alpha value is -2.10. The van der Waals surface area contributed by atoms with E-state index in [9.17, 15) is 9.90 Å². The van der Waals surface area contributed by atoms with Crippen molar-refractivity contribution in [3.05, 3.63) is 35.5 Å². The number of aryl methyl sites for hydroxylation is 1. The molecule has 1 aromatic heterocycles. The van der Waals surface area contributed by atoms with Gasteiger partial charge >= 0.3 is 5.97 Å². The highest BCUT2D eigenvalue weighted by Gasteiger charge is 2.33. The third-order valence-electron chi connectivity index (χ3n) is 4.03. The second-order valence-corrected chi connectivity index (χ2v) is 5.18. The molecule has 4 heteroatoms. The molecule has 1 heterocycles. The van der Waals surface area contributed by atoms with E-state index in [0.717, 1.165) is 22.0 Å². The fourth-order valence-corrected chi connectivity index (χ4v) is 2.31. The van der Waals surface area contributed by atoms with Crippen LogP contribution >= 0.6 is 0 Å². The highest BCUT2D eigenvalue weighted by Crippen LogP contribution is 2.32. The standard InChI is InChI=1S/C16H19NO3/c1-5-16(3,15(18)19)12-7-6-11-8-14(20-4)17-10(2)13(11)9-12/h6-9H,5H2,1-4H3,(H,18,19). The van der Waals surface area contributed by atoms with E-state index in [-0.39, 0.29) is 0 Å². The summed E-state index contributed by atoms with van der Waals surface area (Å²) in [6, 6.07) is 7.59. The quantitative estimate of drug-likeness (QED) is 0.928. The van der Waals surface area contributed by atoms with Gasteiger partial charge in [-0.2, -0.15) is 0 Å². The third-order valence-corrected chi connectivity index (χ3v) is 4.03. The van der Waals surface area contributed by atoms with Gasteiger partial charge in [-0.1, -0.05) is 19.1 Å². The molecule has 1 unspecified atom stereocenters. The van der Waals surface area contributed by atoms with Crippen LogP contribution in [0.2, 0.25) is 0 Å². The molecular formula is C16H19NO3. The van der Waals surface area contributed by atoms with Crippen LogP contribution < -0.4 is 4.74 Å². The van der Waals surface area contributed by atoms with Crippen molar-refractivity contribution < 1.29 is 14.6 Å². The van der Waals surface area contributed by atoms with Crippen LogP contribution in [0.5, 0.6) is 5.88 Å². The summed E-state index contributed by atoms with van der Waals surface area (Å²) in [4.78, 5) is 15.9. The Bertz CT molecular complexity index is 666. The fraction of sp³-hybridized carbons (Fsp3) is 0.375. The van der Waals surface area contributed by atoms with Gasteiger partial charge in [-0.3, -0.25) is 4.79 Å². The Morgan fingerprint density at radius 1 is 1.40 bits per heavy atom. The zero-order chi connectivity index (χ0) is 14.9. The first-order chi connectivity index (χ1) is 9.42. The number of carbonyl (C=O) groups is 1. The lowest BCUT2D eigenvalue weighted by Crippen LogP contribution is -2.31. The normalized spacial score (nSPS) is 14.0. The number of carboxylic acids is 1. The minimum atomic E-state index is -0.874. The van der Waals surface area contributed by atoms with Gasteiger partial charge in [0.2, 0.25) is 5.88 Å². The predicted octanol–water partition coefficient (Wildman–Crippen LogP) is 3.30. The number of methoxy groups -OCH3 is 1. The van der Waals surface area contributed by atoms with Gasteiger partial charge in [-0.05, 0) is 37.3 Å². The van der Waals surface area contributed by atoms with E-state index >= 15 is 0 Å². The minimum absolute atomic E-state index is 0.538. The maximum Gasteiger partial charge on any atom is 0.313 e. The SMILES string of the molecule is CCC(C)(C(=O)O)c1ccc2cc(OC)nc(C)c2c1. The maximum absolute atomic E-state index is 11.5. The van der Waals surface area contributed by atoms with Crippen molar-refractivity contribution >= 4 is 16.7 Å². The largest absolute Gasteiger partial charge is 0.481 e. The molecule has 0 aliphatic carbocycles. The topological polar surface area (TPSA) is 59.4 Å². The van der Waals surface area contributed by atoms with Crippen molar-refractivity contribution in [2.75, 3.05) is 7.11 Å². The summed E-state index contributed by atoms with van der Waals surface area (Å²) in [6.45, 7) is 5.54. The van der Waals surface area contributed by atoms with E-state index in [2.05, 4.69) is 4.98 Å². The average Bonchev–Trinajstić information content (AvgIpc) is 2.45. The number of benzene rings is 1. The molecule has 0 aliphatic heterocycles. The van der Waals surface area contributed by atoms with E-state index in [1.807, 2.05) is 38.1 Å². The zero-order valence-electron chi connectivity index (χ0n) is 12.2. The van der Waals surface area contributed by atoms with Crippen LogP contribution in [0.25, 0.3) is 10.8 Å². The number of hydrogen-bond acceptors (Lipinski definition) is 3. The molecule has 2 aromatic rings. The van der Waals surface area contributed by atoms with Crippen molar-refractivity contribution in [3.63, 3.8) is 0 Å². The molecule has 0 fully saturated rings. The fourth-order valence-electron chi connectivity index (χ4n) is 2.31. The summed E-state index contributed by atoms with van der Waals surface area (Å²) < 4.78 is 5.15. The van der Waals surface area contributed by atoms with Crippen LogP contribution in [0.15, 0.2) is 24.3 Å². The number of pyridine rings is 1. The van der Waals surface area contributed by atoms with Gasteiger partial charge in [0, 0.05) is 17.1 Å². The highest BCUT2D eigenvalue weighted by molar-refractivity contribution is 5.89. The molecule has 1 atom stereocenters. The van der Waals surface area contributed by atoms with Crippen LogP contribution in [0.1, 0.15) is 31.5 Å². The van der Waals surface area contributed by atoms with Gasteiger partial charge in [-0.25, -0.2) is 4.98 Å². The molecule has 0 amide bonds. The Morgan fingerprint density at radius 2 is 2.10 bits per heavy atom. The van der Waals surface area contributed by atoms with Crippen molar-refractivity contribution in [2.45, 2.75) is 32.6 Å². The van der Waals surface area contributed by atoms with Crippen molar-refractivity contribution in [2.24, 2.45) is 0 Å². The van der Waals surface area contributed by atoms with Gasteiger partial charge < -0.3 is 9.84 Å². The van der Waals surface area contributed by atoms with Crippen LogP contribution in [-0.2, 0) is 10.2 Å². The summed E-state index contributed by atoms with van der Waals surface area (Å²) in [6.07, 6.45) is 0.538. The average molecular weight is 273 g/mol. The van der Waals surface area contributed by atoms with Crippen molar-refractivity contribution in [3.8, 4) is 5.88 Å². The van der Waals surface area contributed by atoms with Gasteiger partial charge in [0.05, 0.1) is 12.5 Å². The summed E-state index contributed by atoms with van der Waals surface area (Å²) in [5.74, 6) is -0.238. The Morgan fingerprint density at radius 3 is 2.65 bits per heavy atom. The molecule has 2 rings (SSSR count). The number of rotatable bonds is 4. The molecule has 20 heavy (non-hydrogen) atoms. The first-order valence-electron chi connectivity index (χ1n) is 6.61. The molecule has 0 saturated heterocycles. The minimum Gasteiger partial charge on any atom is -0.481 e. The van der Waals surface area contributed by atoms with Crippen LogP contribution in [0.3, 0.4) is 0 Å². The number of carboxylic acid groups (broad SMARTS) is 1. The van der Waals surface area contributed by atoms with E-state index in [1.165, 1.54) is 0 Å². The number of aliphatic carboxylic acids is 1. The van der Waals surface area contributed by atoms with Crippen LogP contribution in [0.4, 0.5) is 0 Å². The van der Waals surface area contributed by atoms with Gasteiger partial charge in [-0.15, -0.1) is 0 Å². The summed E-state index contributed by atoms with van der Waals surface area (Å²) >= 11 is 0. The first kappa shape index (κ1) is 14.3. The monoisotopic (exact) mass is 273 g/mol. The molecule has 106 valence electrons. The molecule has 0 aliphatic rings. The molecule has 1 aromatic carbocycles. The molecule has 4 nitrogen and oxygen atoms in total. The van der Waals surface area contributed by atoms with Crippen molar-refractivity contribution in [1.82, 2.24) is 4.98 Å². The van der Waals surface area contributed by atoms with E-state index in [1.54, 1.807) is 14.0 Å². The number of ether oxygens (including phenoxy) is 1. The van der Waals surface area contributed by atoms with Crippen LogP contribution in [0, 0.1) is 6.92 Å². The number of hydrogen-bond donors (Lipinski definition) is 1. The molecule has 0 spiro atoms. The Balaban J connectivity index is 2.65. The molecule has 0 radical (unpaired) electrons. The van der Waals surface area contributed by atoms with E-state index in [0.29, 0.717) is 12.3 Å². The Kier molecular flexibility index (Phi) is 3.66. The number of fused-ring (bicyclic) bond motifs is 1. The highest BCUT2D eigenvalue weighted by atomic mass is 16.5. The number of nitrogens with zero attached hydrogens (tertiary/aromatic N) is 1. The molecule has 0 bridgehead atoms. The molecule has 0 saturated carbocycles. The Labute approximate surface area is 118 Å². The van der Waals surface area contributed by atoms with Crippen LogP contribution in [-0.4, -0.2) is 23.2 Å². The molecule has 1 N–H and O–H groups in total. The predicted molar refractivity (Wildman–Crippen MR) is 78.3 cm³/mol. The lowest BCUT2D eigenvalue weighted by atomic mass is 9.79. The van der Waals surface area contributed by atoms with Gasteiger partial charge in [0.25, 0.3) is 0 Å². The summed E-state index contributed by atoms with van der Waals surface area (Å²) in [5, 5.41) is 11.4. The summed E-state index contributed by atoms with van der Waals surface area (Å²) in [7, 11) is 1.58. The zero-order valence-corrected chi connectivity index (χ0v) is 12.2. The summed E-state index contributed by atoms with van der Waals surface area (Å²) in [5.41, 5.74) is 0.765. The van der Waals surface area contributed by atoms with Gasteiger partial charge in [0.15, 0.2) is 0 Å². The van der Waals surface area contributed by atoms with E-state index < -0.39 is 11.4 Å². The van der Waals surface area contributed by atoms with Crippen molar-refractivity contribution in [1.29, 1.82) is 0 Å². The number of aromatic nitrogens is 1. The lowest BCUT2D eigenvalue weighted by molar-refractivity contribution is -0.143.